The minimum absolute atomic E-state index is 0.173. The highest BCUT2D eigenvalue weighted by Gasteiger charge is 2.22. The van der Waals surface area contributed by atoms with Gasteiger partial charge in [0.1, 0.15) is 6.33 Å². The minimum atomic E-state index is -0.511. The third-order valence-electron chi connectivity index (χ3n) is 4.73. The summed E-state index contributed by atoms with van der Waals surface area (Å²) in [5.74, 6) is -0.238. The number of nitro benzene ring substituents is 1. The van der Waals surface area contributed by atoms with Crippen LogP contribution in [0.4, 0.5) is 10.8 Å². The van der Waals surface area contributed by atoms with E-state index in [2.05, 4.69) is 34.3 Å². The molecule has 1 amide bonds. The van der Waals surface area contributed by atoms with Crippen LogP contribution in [0.15, 0.2) is 64.9 Å². The lowest BCUT2D eigenvalue weighted by molar-refractivity contribution is -0.387. The molecule has 2 aromatic heterocycles. The molecule has 0 atom stereocenters. The second-order valence-electron chi connectivity index (χ2n) is 7.47. The van der Waals surface area contributed by atoms with E-state index >= 15 is 0 Å². The van der Waals surface area contributed by atoms with Gasteiger partial charge in [-0.2, -0.15) is 0 Å². The van der Waals surface area contributed by atoms with Crippen LogP contribution >= 0.6 is 23.1 Å². The van der Waals surface area contributed by atoms with Gasteiger partial charge >= 0.3 is 0 Å². The van der Waals surface area contributed by atoms with E-state index < -0.39 is 10.8 Å². The van der Waals surface area contributed by atoms with Crippen molar-refractivity contribution in [1.82, 2.24) is 19.7 Å². The molecule has 0 fully saturated rings. The number of carbonyl (C=O) groups excluding carboxylic acids is 1. The second kappa shape index (κ2) is 9.51. The molecule has 33 heavy (non-hydrogen) atoms. The van der Waals surface area contributed by atoms with Crippen molar-refractivity contribution in [3.8, 4) is 11.3 Å². The van der Waals surface area contributed by atoms with Crippen molar-refractivity contribution in [2.75, 3.05) is 5.32 Å². The van der Waals surface area contributed by atoms with Gasteiger partial charge in [0.25, 0.3) is 11.6 Å². The van der Waals surface area contributed by atoms with E-state index in [9.17, 15) is 14.9 Å². The Morgan fingerprint density at radius 3 is 2.61 bits per heavy atom. The quantitative estimate of drug-likeness (QED) is 0.279. The molecule has 168 valence electrons. The molecule has 0 aliphatic heterocycles. The molecule has 0 spiro atoms. The number of aryl methyl sites for hydroxylation is 1. The standard InChI is InChI=1S/C22H20N6O3S2/c1-13(2)19-18(14-7-5-4-6-8-14)24-21(33-19)25-20(29)15-9-10-17(16(11-15)28(30)31)32-22-26-23-12-27(22)3/h4-13H,1-3H3,(H,24,25,29). The molecule has 4 aromatic rings. The fourth-order valence-corrected chi connectivity index (χ4v) is 4.93. The highest BCUT2D eigenvalue weighted by atomic mass is 32.2. The van der Waals surface area contributed by atoms with E-state index in [1.54, 1.807) is 23.7 Å². The van der Waals surface area contributed by atoms with Crippen LogP contribution in [0.1, 0.15) is 35.0 Å². The zero-order valence-electron chi connectivity index (χ0n) is 18.1. The van der Waals surface area contributed by atoms with Gasteiger partial charge in [-0.05, 0) is 29.8 Å². The molecule has 11 heteroatoms. The number of hydrogen-bond acceptors (Lipinski definition) is 8. The van der Waals surface area contributed by atoms with E-state index in [0.717, 1.165) is 27.9 Å². The summed E-state index contributed by atoms with van der Waals surface area (Å²) in [5, 5.41) is 23.1. The maximum Gasteiger partial charge on any atom is 0.284 e. The van der Waals surface area contributed by atoms with Crippen LogP contribution in [-0.4, -0.2) is 30.6 Å². The Bertz CT molecular complexity index is 1320. The highest BCUT2D eigenvalue weighted by molar-refractivity contribution is 7.99. The molecule has 0 radical (unpaired) electrons. The van der Waals surface area contributed by atoms with Gasteiger partial charge in [0.15, 0.2) is 10.3 Å². The summed E-state index contributed by atoms with van der Waals surface area (Å²) in [7, 11) is 1.75. The molecule has 4 rings (SSSR count). The molecule has 1 N–H and O–H groups in total. The maximum atomic E-state index is 12.9. The predicted octanol–water partition coefficient (Wildman–Crippen LogP) is 5.37. The van der Waals surface area contributed by atoms with E-state index in [0.29, 0.717) is 15.2 Å². The number of benzene rings is 2. The van der Waals surface area contributed by atoms with Gasteiger partial charge in [-0.25, -0.2) is 4.98 Å². The van der Waals surface area contributed by atoms with Crippen molar-refractivity contribution in [3.05, 3.63) is 75.4 Å². The Kier molecular flexibility index (Phi) is 6.52. The SMILES string of the molecule is CC(C)c1sc(NC(=O)c2ccc(Sc3nncn3C)c([N+](=O)[O-])c2)nc1-c1ccccc1. The summed E-state index contributed by atoms with van der Waals surface area (Å²) in [4.78, 5) is 30.1. The second-order valence-corrected chi connectivity index (χ2v) is 9.51. The minimum Gasteiger partial charge on any atom is -0.311 e. The number of nitrogens with one attached hydrogen (secondary N) is 1. The van der Waals surface area contributed by atoms with Gasteiger partial charge in [0.2, 0.25) is 0 Å². The van der Waals surface area contributed by atoms with E-state index in [1.807, 2.05) is 30.3 Å². The molecular formula is C22H20N6O3S2. The van der Waals surface area contributed by atoms with Gasteiger partial charge in [-0.1, -0.05) is 44.2 Å². The Balaban J connectivity index is 1.60. The molecule has 0 saturated carbocycles. The average molecular weight is 481 g/mol. The van der Waals surface area contributed by atoms with Crippen molar-refractivity contribution < 1.29 is 9.72 Å². The fourth-order valence-electron chi connectivity index (χ4n) is 3.10. The van der Waals surface area contributed by atoms with Gasteiger partial charge in [0, 0.05) is 29.1 Å². The van der Waals surface area contributed by atoms with Crippen LogP contribution in [0.5, 0.6) is 0 Å². The van der Waals surface area contributed by atoms with Crippen LogP contribution in [0.25, 0.3) is 11.3 Å². The van der Waals surface area contributed by atoms with E-state index in [4.69, 9.17) is 0 Å². The summed E-state index contributed by atoms with van der Waals surface area (Å²) in [6.07, 6.45) is 1.51. The number of carbonyl (C=O) groups is 1. The first-order valence-electron chi connectivity index (χ1n) is 10.0. The van der Waals surface area contributed by atoms with Crippen LogP contribution in [-0.2, 0) is 7.05 Å². The third-order valence-corrected chi connectivity index (χ3v) is 7.12. The van der Waals surface area contributed by atoms with Crippen LogP contribution < -0.4 is 5.32 Å². The van der Waals surface area contributed by atoms with Gasteiger partial charge in [-0.3, -0.25) is 20.2 Å². The molecular weight excluding hydrogens is 460 g/mol. The number of thiazole rings is 1. The summed E-state index contributed by atoms with van der Waals surface area (Å²) in [5.41, 5.74) is 1.79. The van der Waals surface area contributed by atoms with Crippen LogP contribution in [0.3, 0.4) is 0 Å². The first-order valence-corrected chi connectivity index (χ1v) is 11.6. The highest BCUT2D eigenvalue weighted by Crippen LogP contribution is 2.37. The first kappa shape index (κ1) is 22.6. The number of nitrogens with zero attached hydrogens (tertiary/aromatic N) is 5. The fraction of sp³-hybridized carbons (Fsp3) is 0.182. The number of amides is 1. The van der Waals surface area contributed by atoms with Crippen LogP contribution in [0, 0.1) is 10.1 Å². The molecule has 0 aliphatic rings. The topological polar surface area (TPSA) is 116 Å². The summed E-state index contributed by atoms with van der Waals surface area (Å²) < 4.78 is 1.66. The third kappa shape index (κ3) is 4.94. The van der Waals surface area contributed by atoms with E-state index in [1.165, 1.54) is 23.7 Å². The van der Waals surface area contributed by atoms with Crippen molar-refractivity contribution in [2.45, 2.75) is 29.8 Å². The zero-order valence-corrected chi connectivity index (χ0v) is 19.7. The summed E-state index contributed by atoms with van der Waals surface area (Å²) >= 11 is 2.52. The van der Waals surface area contributed by atoms with Gasteiger partial charge in [0.05, 0.1) is 15.5 Å². The molecule has 0 unspecified atom stereocenters. The Labute approximate surface area is 198 Å². The number of anilines is 1. The number of hydrogen-bond donors (Lipinski definition) is 1. The van der Waals surface area contributed by atoms with Crippen LogP contribution in [0.2, 0.25) is 0 Å². The predicted molar refractivity (Wildman–Crippen MR) is 128 cm³/mol. The lowest BCUT2D eigenvalue weighted by Gasteiger charge is -2.05. The average Bonchev–Trinajstić information content (AvgIpc) is 3.40. The number of aromatic nitrogens is 4. The summed E-state index contributed by atoms with van der Waals surface area (Å²) in [6.45, 7) is 4.14. The molecule has 2 heterocycles. The van der Waals surface area contributed by atoms with Crippen molar-refractivity contribution in [3.63, 3.8) is 0 Å². The van der Waals surface area contributed by atoms with E-state index in [-0.39, 0.29) is 17.2 Å². The molecule has 0 saturated heterocycles. The van der Waals surface area contributed by atoms with Crippen molar-refractivity contribution in [2.24, 2.45) is 7.05 Å². The number of nitro groups is 1. The molecule has 0 aliphatic carbocycles. The normalized spacial score (nSPS) is 11.0. The van der Waals surface area contributed by atoms with Gasteiger partial charge < -0.3 is 4.57 Å². The smallest absolute Gasteiger partial charge is 0.284 e. The zero-order chi connectivity index (χ0) is 23.5. The monoisotopic (exact) mass is 480 g/mol. The van der Waals surface area contributed by atoms with Crippen molar-refractivity contribution in [1.29, 1.82) is 0 Å². The molecule has 0 bridgehead atoms. The van der Waals surface area contributed by atoms with Gasteiger partial charge in [-0.15, -0.1) is 21.5 Å². The Morgan fingerprint density at radius 2 is 1.97 bits per heavy atom. The largest absolute Gasteiger partial charge is 0.311 e. The maximum absolute atomic E-state index is 12.9. The molecule has 2 aromatic carbocycles. The number of rotatable bonds is 7. The lowest BCUT2D eigenvalue weighted by atomic mass is 10.1. The Hall–Kier alpha value is -3.57. The Morgan fingerprint density at radius 1 is 1.21 bits per heavy atom. The first-order chi connectivity index (χ1) is 15.8. The van der Waals surface area contributed by atoms with Crippen molar-refractivity contribution >= 4 is 39.8 Å². The lowest BCUT2D eigenvalue weighted by Crippen LogP contribution is -2.12. The summed E-state index contributed by atoms with van der Waals surface area (Å²) in [6, 6.07) is 14.1. The molecule has 9 nitrogen and oxygen atoms in total.